The quantitative estimate of drug-likeness (QED) is 0.141. The highest BCUT2D eigenvalue weighted by molar-refractivity contribution is 7.80. The van der Waals surface area contributed by atoms with Crippen LogP contribution in [0.4, 0.5) is 0 Å². The topological polar surface area (TPSA) is 314 Å². The van der Waals surface area contributed by atoms with Crippen LogP contribution in [0, 0.1) is 0 Å². The normalized spacial score (nSPS) is 14.8. The molecule has 1 aromatic rings. The van der Waals surface area contributed by atoms with Crippen molar-refractivity contribution in [3.8, 4) is 5.75 Å². The molecule has 36 heavy (non-hydrogen) atoms. The van der Waals surface area contributed by atoms with E-state index in [0.29, 0.717) is 0 Å². The van der Waals surface area contributed by atoms with Gasteiger partial charge in [0.05, 0.1) is 12.2 Å². The molecule has 0 radical (unpaired) electrons. The van der Waals surface area contributed by atoms with Gasteiger partial charge in [-0.3, -0.25) is 19.2 Å². The van der Waals surface area contributed by atoms with Gasteiger partial charge < -0.3 is 58.7 Å². The molecule has 0 fully saturated rings. The Morgan fingerprint density at radius 3 is 1.22 bits per heavy atom. The number of carbonyl (C=O) groups is 4. The molecule has 0 saturated carbocycles. The lowest BCUT2D eigenvalue weighted by atomic mass is 10.1. The van der Waals surface area contributed by atoms with E-state index in [4.69, 9.17) is 58.7 Å². The van der Waals surface area contributed by atoms with Gasteiger partial charge in [0.1, 0.15) is 29.9 Å². The van der Waals surface area contributed by atoms with Gasteiger partial charge in [0.15, 0.2) is 0 Å². The van der Waals surface area contributed by atoms with Gasteiger partial charge in [0.2, 0.25) is 0 Å². The van der Waals surface area contributed by atoms with Gasteiger partial charge in [0, 0.05) is 5.75 Å². The van der Waals surface area contributed by atoms with Gasteiger partial charge in [-0.2, -0.15) is 12.6 Å². The highest BCUT2D eigenvalue weighted by atomic mass is 32.1. The number of phenolic OH excluding ortho intramolecular Hbond substituents is 1. The molecule has 1 aromatic carbocycles. The number of aliphatic hydroxyl groups is 2. The summed E-state index contributed by atoms with van der Waals surface area (Å²) in [6.07, 6.45) is -1.68. The van der Waals surface area contributed by atoms with Gasteiger partial charge in [0.25, 0.3) is 0 Å². The zero-order valence-electron chi connectivity index (χ0n) is 19.7. The van der Waals surface area contributed by atoms with Crippen LogP contribution in [-0.2, 0) is 25.6 Å². The molecular formula is C20H36N4O11S. The van der Waals surface area contributed by atoms with Crippen molar-refractivity contribution < 1.29 is 54.9 Å². The Hall–Kier alpha value is -2.99. The zero-order chi connectivity index (χ0) is 29.2. The number of hydrogen-bond acceptors (Lipinski definition) is 12. The molecule has 0 amide bonds. The molecule has 0 saturated heterocycles. The second-order valence-electron chi connectivity index (χ2n) is 7.15. The molecule has 0 aliphatic carbocycles. The van der Waals surface area contributed by atoms with Gasteiger partial charge in [-0.25, -0.2) is 0 Å². The highest BCUT2D eigenvalue weighted by Crippen LogP contribution is 2.10. The van der Waals surface area contributed by atoms with E-state index >= 15 is 0 Å². The minimum absolute atomic E-state index is 0.160. The average molecular weight is 541 g/mol. The minimum atomic E-state index is -1.18. The third-order valence-corrected chi connectivity index (χ3v) is 4.23. The molecule has 15 N–H and O–H groups in total. The molecule has 208 valence electrons. The number of rotatable bonds is 9. The Morgan fingerprint density at radius 1 is 0.722 bits per heavy atom. The lowest BCUT2D eigenvalue weighted by Gasteiger charge is -2.07. The van der Waals surface area contributed by atoms with E-state index < -0.39 is 60.3 Å². The molecule has 0 unspecified atom stereocenters. The molecule has 15 nitrogen and oxygen atoms in total. The second-order valence-corrected chi connectivity index (χ2v) is 7.52. The van der Waals surface area contributed by atoms with Crippen molar-refractivity contribution in [1.82, 2.24) is 0 Å². The van der Waals surface area contributed by atoms with Crippen molar-refractivity contribution in [2.24, 2.45) is 22.9 Å². The zero-order valence-corrected chi connectivity index (χ0v) is 20.6. The molecule has 0 aliphatic heterocycles. The summed E-state index contributed by atoms with van der Waals surface area (Å²) in [6, 6.07) is 2.29. The van der Waals surface area contributed by atoms with E-state index in [9.17, 15) is 19.2 Å². The van der Waals surface area contributed by atoms with Gasteiger partial charge in [-0.05, 0) is 38.0 Å². The van der Waals surface area contributed by atoms with E-state index in [-0.39, 0.29) is 17.9 Å². The van der Waals surface area contributed by atoms with Crippen LogP contribution in [0.15, 0.2) is 24.3 Å². The summed E-state index contributed by atoms with van der Waals surface area (Å²) < 4.78 is 0. The first kappa shape index (κ1) is 37.6. The molecule has 16 heteroatoms. The van der Waals surface area contributed by atoms with Crippen molar-refractivity contribution in [3.05, 3.63) is 29.8 Å². The van der Waals surface area contributed by atoms with Crippen LogP contribution >= 0.6 is 12.6 Å². The van der Waals surface area contributed by atoms with Crippen LogP contribution in [-0.4, -0.2) is 102 Å². The molecule has 6 atom stereocenters. The predicted molar refractivity (Wildman–Crippen MR) is 131 cm³/mol. The second kappa shape index (κ2) is 20.2. The van der Waals surface area contributed by atoms with Gasteiger partial charge in [-0.1, -0.05) is 12.1 Å². The maximum absolute atomic E-state index is 10.4. The van der Waals surface area contributed by atoms with Crippen molar-refractivity contribution in [2.45, 2.75) is 56.6 Å². The van der Waals surface area contributed by atoms with Gasteiger partial charge >= 0.3 is 23.9 Å². The van der Waals surface area contributed by atoms with Crippen LogP contribution < -0.4 is 22.9 Å². The van der Waals surface area contributed by atoms with E-state index in [1.165, 1.54) is 26.0 Å². The monoisotopic (exact) mass is 540 g/mol. The Balaban J connectivity index is -0.000000420. The number of benzene rings is 1. The van der Waals surface area contributed by atoms with Crippen LogP contribution in [0.25, 0.3) is 0 Å². The molecule has 1 rings (SSSR count). The number of aliphatic hydroxyl groups excluding tert-OH is 2. The summed E-state index contributed by atoms with van der Waals surface area (Å²) in [5.74, 6) is -4.04. The van der Waals surface area contributed by atoms with E-state index in [2.05, 4.69) is 12.6 Å². The first-order valence-corrected chi connectivity index (χ1v) is 10.7. The number of carboxylic acids is 4. The SMILES string of the molecule is C[C@@H](O)[C@H](N)C(=O)O.C[C@@H](O)[C@H](N)C(=O)O.N[C@@H](CS)C(=O)O.N[C@@H](Cc1ccc(O)cc1)C(=O)O. The van der Waals surface area contributed by atoms with E-state index in [1.807, 2.05) is 0 Å². The van der Waals surface area contributed by atoms with Crippen LogP contribution in [0.3, 0.4) is 0 Å². The fraction of sp³-hybridized carbons (Fsp3) is 0.500. The number of thiol groups is 1. The Labute approximate surface area is 212 Å². The van der Waals surface area contributed by atoms with Crippen molar-refractivity contribution in [2.75, 3.05) is 5.75 Å². The van der Waals surface area contributed by atoms with E-state index in [1.54, 1.807) is 12.1 Å². The summed E-state index contributed by atoms with van der Waals surface area (Å²) in [6.45, 7) is 2.66. The lowest BCUT2D eigenvalue weighted by Crippen LogP contribution is -2.39. The molecule has 0 aliphatic rings. The summed E-state index contributed by atoms with van der Waals surface area (Å²) in [5, 5.41) is 58.6. The smallest absolute Gasteiger partial charge is 0.323 e. The van der Waals surface area contributed by atoms with Crippen molar-refractivity contribution >= 4 is 36.5 Å². The number of carboxylic acid groups (broad SMARTS) is 4. The lowest BCUT2D eigenvalue weighted by molar-refractivity contribution is -0.141. The first-order chi connectivity index (χ1) is 16.4. The number of aromatic hydroxyl groups is 1. The minimum Gasteiger partial charge on any atom is -0.508 e. The molecule has 0 aromatic heterocycles. The van der Waals surface area contributed by atoms with E-state index in [0.717, 1.165) is 5.56 Å². The number of nitrogens with two attached hydrogens (primary N) is 4. The fourth-order valence-electron chi connectivity index (χ4n) is 1.46. The fourth-order valence-corrected chi connectivity index (χ4v) is 1.62. The summed E-state index contributed by atoms with van der Waals surface area (Å²) >= 11 is 3.65. The third-order valence-electron chi connectivity index (χ3n) is 3.83. The Kier molecular flexibility index (Phi) is 21.1. The largest absolute Gasteiger partial charge is 0.508 e. The third kappa shape index (κ3) is 20.4. The van der Waals surface area contributed by atoms with Crippen LogP contribution in [0.1, 0.15) is 19.4 Å². The molecule has 0 bridgehead atoms. The maximum atomic E-state index is 10.4. The van der Waals surface area contributed by atoms with Crippen molar-refractivity contribution in [1.29, 1.82) is 0 Å². The Bertz CT molecular complexity index is 770. The van der Waals surface area contributed by atoms with Gasteiger partial charge in [-0.15, -0.1) is 0 Å². The summed E-state index contributed by atoms with van der Waals surface area (Å²) in [4.78, 5) is 39.9. The number of hydrogen-bond donors (Lipinski definition) is 12. The summed E-state index contributed by atoms with van der Waals surface area (Å²) in [7, 11) is 0. The molecule has 0 heterocycles. The molecular weight excluding hydrogens is 504 g/mol. The maximum Gasteiger partial charge on any atom is 0.323 e. The Morgan fingerprint density at radius 2 is 1.06 bits per heavy atom. The number of aliphatic carboxylic acids is 4. The van der Waals surface area contributed by atoms with Crippen LogP contribution in [0.5, 0.6) is 5.75 Å². The number of phenols is 1. The van der Waals surface area contributed by atoms with Crippen LogP contribution in [0.2, 0.25) is 0 Å². The molecule has 0 spiro atoms. The summed E-state index contributed by atoms with van der Waals surface area (Å²) in [5.41, 5.74) is 20.9. The van der Waals surface area contributed by atoms with Crippen molar-refractivity contribution in [3.63, 3.8) is 0 Å². The average Bonchev–Trinajstić information content (AvgIpc) is 2.79. The standard InChI is InChI=1S/C9H11NO3.2C4H9NO3.C3H7NO2S/c10-8(9(12)13)5-6-1-3-7(11)4-2-6;2*1-2(6)3(5)4(7)8;4-2(1-7)3(5)6/h1-4,8,11H,5,10H2,(H,12,13);2*2-3,6H,5H2,1H3,(H,7,8);2,7H,1,4H2,(H,5,6)/t8-;2*2-,3+;2-/m0110/s1. The highest BCUT2D eigenvalue weighted by Gasteiger charge is 2.17. The predicted octanol–water partition coefficient (Wildman–Crippen LogP) is -2.77. The first-order valence-electron chi connectivity index (χ1n) is 10.1.